The van der Waals surface area contributed by atoms with Gasteiger partial charge in [-0.05, 0) is 0 Å². The number of nitrogens with zero attached hydrogens (tertiary/aromatic N) is 1. The molecule has 1 aromatic carbocycles. The fourth-order valence-corrected chi connectivity index (χ4v) is 1.70. The zero-order valence-corrected chi connectivity index (χ0v) is 11.7. The number of aliphatic carboxylic acids is 1. The van der Waals surface area contributed by atoms with Gasteiger partial charge >= 0.3 is 5.97 Å². The van der Waals surface area contributed by atoms with Gasteiger partial charge in [0, 0.05) is 17.6 Å². The summed E-state index contributed by atoms with van der Waals surface area (Å²) >= 11 is 0. The van der Waals surface area contributed by atoms with Gasteiger partial charge in [0.05, 0.1) is 20.6 Å². The van der Waals surface area contributed by atoms with Crippen molar-refractivity contribution in [3.8, 4) is 0 Å². The fourth-order valence-electron chi connectivity index (χ4n) is 1.70. The molecule has 100 valence electrons. The molecule has 0 atom stereocenters. The second kappa shape index (κ2) is 7.19. The third kappa shape index (κ3) is 5.84. The third-order valence-corrected chi connectivity index (χ3v) is 2.77. The van der Waals surface area contributed by atoms with Gasteiger partial charge in [0.2, 0.25) is 0 Å². The summed E-state index contributed by atoms with van der Waals surface area (Å²) in [6.45, 7) is 5.23. The van der Waals surface area contributed by atoms with Crippen LogP contribution in [0.1, 0.15) is 12.0 Å². The van der Waals surface area contributed by atoms with Crippen LogP contribution in [0, 0.1) is 0 Å². The van der Waals surface area contributed by atoms with E-state index >= 15 is 0 Å². The Morgan fingerprint density at radius 1 is 1.28 bits per heavy atom. The van der Waals surface area contributed by atoms with Crippen molar-refractivity contribution in [1.82, 2.24) is 0 Å². The summed E-state index contributed by atoms with van der Waals surface area (Å²) in [4.78, 5) is 10.7. The maximum atomic E-state index is 10.7. The molecule has 18 heavy (non-hydrogen) atoms. The predicted molar refractivity (Wildman–Crippen MR) is 68.5 cm³/mol. The molecule has 0 saturated carbocycles. The van der Waals surface area contributed by atoms with Crippen molar-refractivity contribution in [3.63, 3.8) is 0 Å². The lowest BCUT2D eigenvalue weighted by molar-refractivity contribution is -0.903. The molecule has 0 radical (unpaired) electrons. The minimum Gasteiger partial charge on any atom is -1.00 e. The Balaban J connectivity index is 0.00000289. The van der Waals surface area contributed by atoms with Crippen molar-refractivity contribution in [3.05, 3.63) is 48.0 Å². The number of quaternary nitrogens is 1. The van der Waals surface area contributed by atoms with Gasteiger partial charge in [-0.1, -0.05) is 36.9 Å². The van der Waals surface area contributed by atoms with E-state index in [9.17, 15) is 4.79 Å². The van der Waals surface area contributed by atoms with Gasteiger partial charge in [-0.15, -0.1) is 0 Å². The van der Waals surface area contributed by atoms with Crippen LogP contribution in [0.5, 0.6) is 0 Å². The van der Waals surface area contributed by atoms with E-state index in [0.29, 0.717) is 6.42 Å². The maximum absolute atomic E-state index is 10.7. The molecule has 0 aliphatic carbocycles. The van der Waals surface area contributed by atoms with E-state index in [1.54, 1.807) is 0 Å². The Hall–Kier alpha value is -1.32. The Kier molecular flexibility index (Phi) is 6.66. The van der Waals surface area contributed by atoms with Crippen LogP contribution in [0.15, 0.2) is 42.5 Å². The van der Waals surface area contributed by atoms with E-state index in [4.69, 9.17) is 5.11 Å². The van der Waals surface area contributed by atoms with Crippen LogP contribution in [0.3, 0.4) is 0 Å². The highest BCUT2D eigenvalue weighted by molar-refractivity contribution is 5.85. The van der Waals surface area contributed by atoms with Crippen LogP contribution in [-0.2, 0) is 11.3 Å². The van der Waals surface area contributed by atoms with Crippen LogP contribution in [0.2, 0.25) is 0 Å². The van der Waals surface area contributed by atoms with Gasteiger partial charge in [0.1, 0.15) is 6.54 Å². The van der Waals surface area contributed by atoms with Gasteiger partial charge < -0.3 is 22.0 Å². The molecule has 0 aliphatic heterocycles. The van der Waals surface area contributed by atoms with Crippen molar-refractivity contribution in [2.45, 2.75) is 13.0 Å². The van der Waals surface area contributed by atoms with E-state index in [2.05, 4.69) is 32.8 Å². The van der Waals surface area contributed by atoms with Gasteiger partial charge in [-0.25, -0.2) is 4.79 Å². The average molecular weight is 270 g/mol. The monoisotopic (exact) mass is 269 g/mol. The standard InChI is InChI=1S/C14H19NO2.ClH/c1-12(14(16)17)9-10-15(2,3)11-13-7-5-4-6-8-13;/h4-8H,1,9-11H2,2-3H3;1H. The highest BCUT2D eigenvalue weighted by Gasteiger charge is 2.17. The summed E-state index contributed by atoms with van der Waals surface area (Å²) in [7, 11) is 4.20. The molecule has 1 N–H and O–H groups in total. The normalized spacial score (nSPS) is 10.6. The lowest BCUT2D eigenvalue weighted by Crippen LogP contribution is -3.00. The first-order valence-corrected chi connectivity index (χ1v) is 5.68. The van der Waals surface area contributed by atoms with Crippen molar-refractivity contribution in [1.29, 1.82) is 0 Å². The molecule has 0 fully saturated rings. The number of carbonyl (C=O) groups is 1. The number of carboxylic acids is 1. The van der Waals surface area contributed by atoms with Crippen molar-refractivity contribution >= 4 is 5.97 Å². The first kappa shape index (κ1) is 16.7. The van der Waals surface area contributed by atoms with Crippen LogP contribution in [-0.4, -0.2) is 36.2 Å². The summed E-state index contributed by atoms with van der Waals surface area (Å²) in [5.74, 6) is -0.898. The number of hydrogen-bond donors (Lipinski definition) is 1. The van der Waals surface area contributed by atoms with E-state index in [-0.39, 0.29) is 18.0 Å². The summed E-state index contributed by atoms with van der Waals surface area (Å²) < 4.78 is 0.760. The molecule has 1 rings (SSSR count). The lowest BCUT2D eigenvalue weighted by Gasteiger charge is -2.30. The third-order valence-electron chi connectivity index (χ3n) is 2.77. The van der Waals surface area contributed by atoms with Crippen molar-refractivity contribution in [2.75, 3.05) is 20.6 Å². The number of hydrogen-bond acceptors (Lipinski definition) is 1. The summed E-state index contributed by atoms with van der Waals surface area (Å²) in [5, 5.41) is 8.76. The molecular formula is C14H20ClNO2. The number of carboxylic acid groups (broad SMARTS) is 1. The minimum atomic E-state index is -0.898. The molecule has 0 bridgehead atoms. The predicted octanol–water partition coefficient (Wildman–Crippen LogP) is -0.702. The molecule has 0 unspecified atom stereocenters. The smallest absolute Gasteiger partial charge is 0.331 e. The second-order valence-electron chi connectivity index (χ2n) is 4.96. The van der Waals surface area contributed by atoms with Crippen LogP contribution >= 0.6 is 0 Å². The van der Waals surface area contributed by atoms with Crippen LogP contribution in [0.4, 0.5) is 0 Å². The van der Waals surface area contributed by atoms with E-state index < -0.39 is 5.97 Å². The lowest BCUT2D eigenvalue weighted by atomic mass is 10.1. The van der Waals surface area contributed by atoms with Gasteiger partial charge in [-0.2, -0.15) is 0 Å². The average Bonchev–Trinajstić information content (AvgIpc) is 2.26. The van der Waals surface area contributed by atoms with E-state index in [1.165, 1.54) is 5.56 Å². The Labute approximate surface area is 115 Å². The molecule has 0 spiro atoms. The molecule has 0 heterocycles. The zero-order chi connectivity index (χ0) is 12.9. The Morgan fingerprint density at radius 2 is 1.83 bits per heavy atom. The van der Waals surface area contributed by atoms with Gasteiger partial charge in [-0.3, -0.25) is 0 Å². The minimum absolute atomic E-state index is 0. The largest absolute Gasteiger partial charge is 1.00 e. The summed E-state index contributed by atoms with van der Waals surface area (Å²) in [6.07, 6.45) is 0.523. The van der Waals surface area contributed by atoms with Gasteiger partial charge in [0.15, 0.2) is 0 Å². The number of rotatable bonds is 6. The topological polar surface area (TPSA) is 37.3 Å². The Bertz CT molecular complexity index is 402. The van der Waals surface area contributed by atoms with Crippen LogP contribution < -0.4 is 12.4 Å². The number of benzene rings is 1. The van der Waals surface area contributed by atoms with Crippen molar-refractivity contribution < 1.29 is 26.8 Å². The first-order valence-electron chi connectivity index (χ1n) is 5.68. The molecule has 4 heteroatoms. The molecular weight excluding hydrogens is 250 g/mol. The molecule has 0 saturated heterocycles. The molecule has 1 aromatic rings. The van der Waals surface area contributed by atoms with Crippen LogP contribution in [0.25, 0.3) is 0 Å². The van der Waals surface area contributed by atoms with Crippen molar-refractivity contribution in [2.24, 2.45) is 0 Å². The molecule has 0 amide bonds. The highest BCUT2D eigenvalue weighted by Crippen LogP contribution is 2.11. The van der Waals surface area contributed by atoms with E-state index in [1.807, 2.05) is 18.2 Å². The quantitative estimate of drug-likeness (QED) is 0.548. The Morgan fingerprint density at radius 3 is 2.33 bits per heavy atom. The fraction of sp³-hybridized carbons (Fsp3) is 0.357. The summed E-state index contributed by atoms with van der Waals surface area (Å²) in [6, 6.07) is 10.2. The van der Waals surface area contributed by atoms with E-state index in [0.717, 1.165) is 17.6 Å². The summed E-state index contributed by atoms with van der Waals surface area (Å²) in [5.41, 5.74) is 1.54. The first-order chi connectivity index (χ1) is 7.91. The molecule has 3 nitrogen and oxygen atoms in total. The molecule has 0 aromatic heterocycles. The highest BCUT2D eigenvalue weighted by atomic mass is 35.5. The van der Waals surface area contributed by atoms with Gasteiger partial charge in [0.25, 0.3) is 0 Å². The molecule has 0 aliphatic rings. The maximum Gasteiger partial charge on any atom is 0.331 e. The number of halogens is 1. The second-order valence-corrected chi connectivity index (χ2v) is 4.96. The SMILES string of the molecule is C=C(CC[N+](C)(C)Cc1ccccc1)C(=O)O.[Cl-]. The zero-order valence-electron chi connectivity index (χ0n) is 10.9.